The van der Waals surface area contributed by atoms with Crippen molar-refractivity contribution in [1.82, 2.24) is 0 Å². The molecule has 0 bridgehead atoms. The van der Waals surface area contributed by atoms with Crippen molar-refractivity contribution in [3.05, 3.63) is 12.2 Å². The number of hydrogen-bond donors (Lipinski definition) is 1. The van der Waals surface area contributed by atoms with Crippen LogP contribution in [0.25, 0.3) is 0 Å². The largest absolute Gasteiger partial charge is 0.478 e. The monoisotopic (exact) mass is 285 g/mol. The maximum absolute atomic E-state index is 9.60. The molecule has 2 nitrogen and oxygen atoms in total. The molecule has 0 atom stereocenters. The molecule has 0 fully saturated rings. The fraction of sp³-hybridized carbons (Fsp3) is 0.812. The minimum absolute atomic E-state index is 0.0675. The van der Waals surface area contributed by atoms with Crippen molar-refractivity contribution in [3.63, 3.8) is 0 Å². The Morgan fingerprint density at radius 3 is 1.37 bits per heavy atom. The van der Waals surface area contributed by atoms with E-state index in [2.05, 4.69) is 27.4 Å². The highest BCUT2D eigenvalue weighted by molar-refractivity contribution is 6.58. The molecule has 1 radical (unpaired) electrons. The maximum Gasteiger partial charge on any atom is 0.330 e. The van der Waals surface area contributed by atoms with E-state index in [0.29, 0.717) is 0 Å². The number of hydrogen-bond acceptors (Lipinski definition) is 1. The average Bonchev–Trinajstić information content (AvgIpc) is 2.38. The van der Waals surface area contributed by atoms with Gasteiger partial charge in [0.1, 0.15) is 0 Å². The molecule has 0 heterocycles. The van der Waals surface area contributed by atoms with E-state index >= 15 is 0 Å². The number of carboxylic acid groups (broad SMARTS) is 1. The fourth-order valence-corrected chi connectivity index (χ4v) is 4.97. The quantitative estimate of drug-likeness (QED) is 0.423. The summed E-state index contributed by atoms with van der Waals surface area (Å²) in [5, 5.41) is 7.89. The van der Waals surface area contributed by atoms with Gasteiger partial charge in [-0.2, -0.15) is 0 Å². The molecule has 3 heteroatoms. The molecule has 1 N–H and O–H groups in total. The van der Waals surface area contributed by atoms with E-state index in [1.54, 1.807) is 18.1 Å². The van der Waals surface area contributed by atoms with Gasteiger partial charge in [0.25, 0.3) is 0 Å². The molecule has 0 spiro atoms. The van der Waals surface area contributed by atoms with Gasteiger partial charge in [-0.15, -0.1) is 0 Å². The lowest BCUT2D eigenvalue weighted by Gasteiger charge is -2.13. The Balaban J connectivity index is 0. The SMILES string of the molecule is C=C(C)C(=O)O.CCCC[Si](CCCC)CCCC. The van der Waals surface area contributed by atoms with Gasteiger partial charge in [-0.1, -0.05) is 84.0 Å². The van der Waals surface area contributed by atoms with E-state index in [9.17, 15) is 4.79 Å². The zero-order chi connectivity index (χ0) is 15.1. The molecule has 0 aromatic heterocycles. The van der Waals surface area contributed by atoms with Crippen molar-refractivity contribution >= 4 is 14.8 Å². The zero-order valence-corrected chi connectivity index (χ0v) is 14.4. The molecule has 113 valence electrons. The minimum Gasteiger partial charge on any atom is -0.478 e. The van der Waals surface area contributed by atoms with Crippen LogP contribution in [0.4, 0.5) is 0 Å². The zero-order valence-electron chi connectivity index (χ0n) is 13.4. The molecule has 0 saturated heterocycles. The molecular formula is C16H33O2Si. The molecule has 0 rings (SSSR count). The van der Waals surface area contributed by atoms with E-state index in [1.807, 2.05) is 0 Å². The lowest BCUT2D eigenvalue weighted by molar-refractivity contribution is -0.132. The van der Waals surface area contributed by atoms with Crippen LogP contribution in [0, 0.1) is 0 Å². The Hall–Kier alpha value is -0.573. The van der Waals surface area contributed by atoms with Gasteiger partial charge in [-0.05, 0) is 6.92 Å². The Bertz CT molecular complexity index is 196. The molecule has 0 amide bonds. The highest BCUT2D eigenvalue weighted by atomic mass is 28.3. The molecule has 0 aromatic rings. The first-order valence-corrected chi connectivity index (χ1v) is 9.83. The fourth-order valence-electron chi connectivity index (χ4n) is 1.66. The van der Waals surface area contributed by atoms with Crippen LogP contribution < -0.4 is 0 Å². The summed E-state index contributed by atoms with van der Waals surface area (Å²) in [5.41, 5.74) is 0.176. The molecule has 0 aliphatic heterocycles. The Labute approximate surface area is 121 Å². The van der Waals surface area contributed by atoms with E-state index in [1.165, 1.54) is 45.4 Å². The van der Waals surface area contributed by atoms with Crippen LogP contribution in [-0.4, -0.2) is 19.9 Å². The van der Waals surface area contributed by atoms with Crippen molar-refractivity contribution in [2.24, 2.45) is 0 Å². The Morgan fingerprint density at radius 2 is 1.21 bits per heavy atom. The molecule has 19 heavy (non-hydrogen) atoms. The number of aliphatic carboxylic acids is 1. The smallest absolute Gasteiger partial charge is 0.330 e. The molecule has 0 aliphatic carbocycles. The standard InChI is InChI=1S/C12H27Si.C4H6O2/c1-4-7-10-13(11-8-5-2)12-9-6-3;1-3(2)4(5)6/h4-12H2,1-3H3;1H2,2H3,(H,5,6). The summed E-state index contributed by atoms with van der Waals surface area (Å²) < 4.78 is 0. The Morgan fingerprint density at radius 1 is 0.947 bits per heavy atom. The summed E-state index contributed by atoms with van der Waals surface area (Å²) in [4.78, 5) is 9.60. The van der Waals surface area contributed by atoms with Crippen molar-refractivity contribution in [1.29, 1.82) is 0 Å². The lowest BCUT2D eigenvalue weighted by atomic mass is 10.4. The van der Waals surface area contributed by atoms with Gasteiger partial charge in [0.15, 0.2) is 0 Å². The summed E-state index contributed by atoms with van der Waals surface area (Å²) in [6.07, 6.45) is 8.65. The second-order valence-electron chi connectivity index (χ2n) is 5.15. The summed E-state index contributed by atoms with van der Waals surface area (Å²) in [6, 6.07) is 4.75. The third-order valence-corrected chi connectivity index (χ3v) is 6.20. The van der Waals surface area contributed by atoms with Crippen LogP contribution in [0.3, 0.4) is 0 Å². The van der Waals surface area contributed by atoms with Crippen molar-refractivity contribution in [3.8, 4) is 0 Å². The van der Waals surface area contributed by atoms with Gasteiger partial charge < -0.3 is 5.11 Å². The van der Waals surface area contributed by atoms with Gasteiger partial charge in [-0.25, -0.2) is 4.79 Å². The van der Waals surface area contributed by atoms with Gasteiger partial charge in [-0.3, -0.25) is 0 Å². The number of carboxylic acids is 1. The van der Waals surface area contributed by atoms with Crippen LogP contribution in [-0.2, 0) is 4.79 Å². The van der Waals surface area contributed by atoms with E-state index in [4.69, 9.17) is 5.11 Å². The van der Waals surface area contributed by atoms with Crippen LogP contribution >= 0.6 is 0 Å². The van der Waals surface area contributed by atoms with Crippen LogP contribution in [0.2, 0.25) is 18.1 Å². The predicted octanol–water partition coefficient (Wildman–Crippen LogP) is 5.53. The normalized spacial score (nSPS) is 9.95. The van der Waals surface area contributed by atoms with Crippen LogP contribution in [0.15, 0.2) is 12.2 Å². The number of rotatable bonds is 10. The first-order valence-electron chi connectivity index (χ1n) is 7.71. The van der Waals surface area contributed by atoms with Gasteiger partial charge >= 0.3 is 5.97 Å². The maximum atomic E-state index is 9.60. The van der Waals surface area contributed by atoms with E-state index in [-0.39, 0.29) is 14.4 Å². The third kappa shape index (κ3) is 17.4. The topological polar surface area (TPSA) is 37.3 Å². The third-order valence-electron chi connectivity index (χ3n) is 3.02. The molecular weight excluding hydrogens is 252 g/mol. The number of carbonyl (C=O) groups is 1. The van der Waals surface area contributed by atoms with Gasteiger partial charge in [0, 0.05) is 14.4 Å². The molecule has 0 aromatic carbocycles. The van der Waals surface area contributed by atoms with Crippen LogP contribution in [0.1, 0.15) is 66.2 Å². The van der Waals surface area contributed by atoms with Crippen molar-refractivity contribution in [2.75, 3.05) is 0 Å². The first-order chi connectivity index (χ1) is 8.99. The average molecular weight is 286 g/mol. The molecule has 0 unspecified atom stereocenters. The Kier molecular flexibility index (Phi) is 16.9. The van der Waals surface area contributed by atoms with Gasteiger partial charge in [0.2, 0.25) is 0 Å². The highest BCUT2D eigenvalue weighted by Gasteiger charge is 2.08. The summed E-state index contributed by atoms with van der Waals surface area (Å²) >= 11 is 0. The van der Waals surface area contributed by atoms with Crippen molar-refractivity contribution in [2.45, 2.75) is 84.4 Å². The molecule has 0 aliphatic rings. The highest BCUT2D eigenvalue weighted by Crippen LogP contribution is 2.16. The minimum atomic E-state index is -0.935. The second kappa shape index (κ2) is 15.5. The first kappa shape index (κ1) is 20.7. The summed E-state index contributed by atoms with van der Waals surface area (Å²) in [7, 11) is 0.0675. The lowest BCUT2D eigenvalue weighted by Crippen LogP contribution is -2.11. The summed E-state index contributed by atoms with van der Waals surface area (Å²) in [5.74, 6) is -0.935. The van der Waals surface area contributed by atoms with Crippen LogP contribution in [0.5, 0.6) is 0 Å². The second-order valence-corrected chi connectivity index (χ2v) is 8.15. The van der Waals surface area contributed by atoms with Crippen molar-refractivity contribution < 1.29 is 9.90 Å². The van der Waals surface area contributed by atoms with E-state index in [0.717, 1.165) is 0 Å². The predicted molar refractivity (Wildman–Crippen MR) is 87.3 cm³/mol. The van der Waals surface area contributed by atoms with Gasteiger partial charge in [0.05, 0.1) is 0 Å². The molecule has 0 saturated carbocycles. The van der Waals surface area contributed by atoms with E-state index < -0.39 is 5.97 Å². The summed E-state index contributed by atoms with van der Waals surface area (Å²) in [6.45, 7) is 11.6. The number of unbranched alkanes of at least 4 members (excludes halogenated alkanes) is 3.